The minimum absolute atomic E-state index is 0.0252. The summed E-state index contributed by atoms with van der Waals surface area (Å²) < 4.78 is 4.96. The fourth-order valence-electron chi connectivity index (χ4n) is 1.82. The van der Waals surface area contributed by atoms with Crippen LogP contribution >= 0.6 is 12.2 Å². The fourth-order valence-corrected chi connectivity index (χ4v) is 2.14. The summed E-state index contributed by atoms with van der Waals surface area (Å²) in [4.78, 5) is 13.5. The third-order valence-corrected chi connectivity index (χ3v) is 3.11. The Morgan fingerprint density at radius 3 is 2.79 bits per heavy atom. The fraction of sp³-hybridized carbons (Fsp3) is 0.231. The largest absolute Gasteiger partial charge is 0.504 e. The number of phenols is 1. The molecule has 0 radical (unpaired) electrons. The number of nitrogens with one attached hydrogen (secondary N) is 1. The predicted octanol–water partition coefficient (Wildman–Crippen LogP) is 1.48. The van der Waals surface area contributed by atoms with Crippen molar-refractivity contribution in [1.82, 2.24) is 10.2 Å². The number of likely N-dealkylation sites (N-methyl/N-ethyl adjacent to an activating group) is 1. The standard InChI is InChI=1S/C13H14N2O3S/c1-3-15-12(17)9(14-13(15)19)6-8-4-5-11(18-2)10(16)7-8/h4-7,16H,3H2,1-2H3,(H,14,19). The van der Waals surface area contributed by atoms with Gasteiger partial charge in [-0.15, -0.1) is 0 Å². The van der Waals surface area contributed by atoms with Gasteiger partial charge < -0.3 is 15.2 Å². The normalized spacial score (nSPS) is 16.9. The second-order valence-electron chi connectivity index (χ2n) is 3.97. The van der Waals surface area contributed by atoms with E-state index < -0.39 is 0 Å². The van der Waals surface area contributed by atoms with Gasteiger partial charge in [0.2, 0.25) is 0 Å². The third kappa shape index (κ3) is 2.53. The summed E-state index contributed by atoms with van der Waals surface area (Å²) in [7, 11) is 1.48. The molecule has 19 heavy (non-hydrogen) atoms. The molecule has 1 aliphatic heterocycles. The van der Waals surface area contributed by atoms with Crippen molar-refractivity contribution in [2.24, 2.45) is 0 Å². The molecule has 0 unspecified atom stereocenters. The summed E-state index contributed by atoms with van der Waals surface area (Å²) in [6, 6.07) is 4.91. The van der Waals surface area contributed by atoms with Crippen LogP contribution in [0.5, 0.6) is 11.5 Å². The number of amides is 1. The number of aromatic hydroxyl groups is 1. The van der Waals surface area contributed by atoms with Gasteiger partial charge in [0.15, 0.2) is 16.6 Å². The van der Waals surface area contributed by atoms with Crippen molar-refractivity contribution in [1.29, 1.82) is 0 Å². The highest BCUT2D eigenvalue weighted by Gasteiger charge is 2.28. The molecule has 1 amide bonds. The molecule has 6 heteroatoms. The zero-order valence-electron chi connectivity index (χ0n) is 10.6. The SMILES string of the molecule is CCN1C(=O)C(=Cc2ccc(OC)c(O)c2)NC1=S. The van der Waals surface area contributed by atoms with E-state index >= 15 is 0 Å². The zero-order valence-corrected chi connectivity index (χ0v) is 11.5. The number of nitrogens with zero attached hydrogens (tertiary/aromatic N) is 1. The van der Waals surface area contributed by atoms with Gasteiger partial charge in [-0.05, 0) is 42.9 Å². The number of methoxy groups -OCH3 is 1. The number of hydrogen-bond acceptors (Lipinski definition) is 4. The Morgan fingerprint density at radius 2 is 2.26 bits per heavy atom. The highest BCUT2D eigenvalue weighted by atomic mass is 32.1. The smallest absolute Gasteiger partial charge is 0.276 e. The number of carbonyl (C=O) groups excluding carboxylic acids is 1. The number of thiocarbonyl (C=S) groups is 1. The van der Waals surface area contributed by atoms with E-state index in [0.717, 1.165) is 0 Å². The Balaban J connectivity index is 2.30. The van der Waals surface area contributed by atoms with Gasteiger partial charge in [0.05, 0.1) is 7.11 Å². The highest BCUT2D eigenvalue weighted by molar-refractivity contribution is 7.80. The second kappa shape index (κ2) is 5.27. The summed E-state index contributed by atoms with van der Waals surface area (Å²) in [6.07, 6.45) is 1.64. The lowest BCUT2D eigenvalue weighted by Gasteiger charge is -2.08. The number of ether oxygens (including phenoxy) is 1. The van der Waals surface area contributed by atoms with E-state index in [4.69, 9.17) is 17.0 Å². The van der Waals surface area contributed by atoms with E-state index in [-0.39, 0.29) is 11.7 Å². The van der Waals surface area contributed by atoms with Crippen LogP contribution in [-0.2, 0) is 4.79 Å². The van der Waals surface area contributed by atoms with Crippen LogP contribution in [0.1, 0.15) is 12.5 Å². The van der Waals surface area contributed by atoms with Gasteiger partial charge in [0.1, 0.15) is 5.70 Å². The van der Waals surface area contributed by atoms with Crippen molar-refractivity contribution < 1.29 is 14.6 Å². The number of benzene rings is 1. The van der Waals surface area contributed by atoms with Crippen LogP contribution < -0.4 is 10.1 Å². The first kappa shape index (κ1) is 13.4. The molecule has 1 aromatic carbocycles. The van der Waals surface area contributed by atoms with Crippen LogP contribution in [0.4, 0.5) is 0 Å². The lowest BCUT2D eigenvalue weighted by molar-refractivity contribution is -0.122. The van der Waals surface area contributed by atoms with E-state index in [0.29, 0.717) is 28.7 Å². The van der Waals surface area contributed by atoms with E-state index in [1.807, 2.05) is 6.92 Å². The van der Waals surface area contributed by atoms with Crippen LogP contribution in [0, 0.1) is 0 Å². The maximum atomic E-state index is 12.0. The average molecular weight is 278 g/mol. The van der Waals surface area contributed by atoms with Crippen molar-refractivity contribution in [3.63, 3.8) is 0 Å². The molecule has 1 aromatic rings. The summed E-state index contributed by atoms with van der Waals surface area (Å²) in [5.41, 5.74) is 1.09. The molecule has 0 aliphatic carbocycles. The van der Waals surface area contributed by atoms with Crippen molar-refractivity contribution in [3.05, 3.63) is 29.5 Å². The molecule has 100 valence electrons. The van der Waals surface area contributed by atoms with E-state index in [1.54, 1.807) is 18.2 Å². The number of carbonyl (C=O) groups is 1. The van der Waals surface area contributed by atoms with Gasteiger partial charge >= 0.3 is 0 Å². The molecular formula is C13H14N2O3S. The van der Waals surface area contributed by atoms with E-state index in [2.05, 4.69) is 5.32 Å². The summed E-state index contributed by atoms with van der Waals surface area (Å²) in [6.45, 7) is 2.38. The lowest BCUT2D eigenvalue weighted by Crippen LogP contribution is -2.30. The van der Waals surface area contributed by atoms with Gasteiger partial charge in [-0.2, -0.15) is 0 Å². The van der Waals surface area contributed by atoms with Crippen LogP contribution in [0.2, 0.25) is 0 Å². The number of rotatable bonds is 3. The van der Waals surface area contributed by atoms with Crippen LogP contribution in [0.3, 0.4) is 0 Å². The first-order chi connectivity index (χ1) is 9.06. The summed E-state index contributed by atoms with van der Waals surface area (Å²) in [5, 5.41) is 12.9. The van der Waals surface area contributed by atoms with Crippen molar-refractivity contribution in [2.45, 2.75) is 6.92 Å². The zero-order chi connectivity index (χ0) is 14.0. The molecule has 2 rings (SSSR count). The van der Waals surface area contributed by atoms with E-state index in [9.17, 15) is 9.90 Å². The van der Waals surface area contributed by atoms with Crippen molar-refractivity contribution in [2.75, 3.05) is 13.7 Å². The third-order valence-electron chi connectivity index (χ3n) is 2.79. The van der Waals surface area contributed by atoms with Gasteiger partial charge in [0.25, 0.3) is 5.91 Å². The Morgan fingerprint density at radius 1 is 1.53 bits per heavy atom. The summed E-state index contributed by atoms with van der Waals surface area (Å²) >= 11 is 5.06. The number of phenolic OH excluding ortho intramolecular Hbond substituents is 1. The quantitative estimate of drug-likeness (QED) is 0.648. The van der Waals surface area contributed by atoms with Gasteiger partial charge in [0, 0.05) is 6.54 Å². The van der Waals surface area contributed by atoms with Crippen molar-refractivity contribution >= 4 is 29.3 Å². The number of hydrogen-bond donors (Lipinski definition) is 2. The first-order valence-electron chi connectivity index (χ1n) is 5.78. The van der Waals surface area contributed by atoms with Crippen LogP contribution in [0.15, 0.2) is 23.9 Å². The molecule has 0 aromatic heterocycles. The van der Waals surface area contributed by atoms with Gasteiger partial charge in [-0.25, -0.2) is 0 Å². The molecule has 0 spiro atoms. The van der Waals surface area contributed by atoms with Crippen LogP contribution in [-0.4, -0.2) is 34.7 Å². The minimum Gasteiger partial charge on any atom is -0.504 e. The average Bonchev–Trinajstić information content (AvgIpc) is 2.64. The van der Waals surface area contributed by atoms with Gasteiger partial charge in [-0.1, -0.05) is 6.07 Å². The van der Waals surface area contributed by atoms with E-state index in [1.165, 1.54) is 18.1 Å². The Hall–Kier alpha value is -2.08. The monoisotopic (exact) mass is 278 g/mol. The maximum Gasteiger partial charge on any atom is 0.276 e. The minimum atomic E-state index is -0.164. The Bertz CT molecular complexity index is 569. The molecule has 5 nitrogen and oxygen atoms in total. The summed E-state index contributed by atoms with van der Waals surface area (Å²) in [5.74, 6) is 0.249. The Labute approximate surface area is 116 Å². The molecule has 0 saturated carbocycles. The molecule has 1 fully saturated rings. The van der Waals surface area contributed by atoms with Gasteiger partial charge in [-0.3, -0.25) is 9.69 Å². The molecular weight excluding hydrogens is 264 g/mol. The topological polar surface area (TPSA) is 61.8 Å². The Kier molecular flexibility index (Phi) is 3.71. The predicted molar refractivity (Wildman–Crippen MR) is 75.8 cm³/mol. The molecule has 0 atom stereocenters. The van der Waals surface area contributed by atoms with Crippen LogP contribution in [0.25, 0.3) is 6.08 Å². The maximum absolute atomic E-state index is 12.0. The lowest BCUT2D eigenvalue weighted by atomic mass is 10.1. The molecule has 0 bridgehead atoms. The molecule has 2 N–H and O–H groups in total. The first-order valence-corrected chi connectivity index (χ1v) is 6.19. The van der Waals surface area contributed by atoms with Crippen molar-refractivity contribution in [3.8, 4) is 11.5 Å². The molecule has 1 aliphatic rings. The highest BCUT2D eigenvalue weighted by Crippen LogP contribution is 2.27. The molecule has 1 heterocycles. The second-order valence-corrected chi connectivity index (χ2v) is 4.36. The molecule has 1 saturated heterocycles.